The number of hydrogen-bond donors (Lipinski definition) is 2. The van der Waals surface area contributed by atoms with Crippen molar-refractivity contribution in [2.24, 2.45) is 5.84 Å². The van der Waals surface area contributed by atoms with Crippen molar-refractivity contribution in [3.8, 4) is 0 Å². The summed E-state index contributed by atoms with van der Waals surface area (Å²) in [5, 5.41) is 0.780. The summed E-state index contributed by atoms with van der Waals surface area (Å²) in [6, 6.07) is 12.0. The molecule has 0 bridgehead atoms. The van der Waals surface area contributed by atoms with E-state index in [0.29, 0.717) is 5.82 Å². The van der Waals surface area contributed by atoms with E-state index in [2.05, 4.69) is 26.3 Å². The quantitative estimate of drug-likeness (QED) is 0.673. The molecule has 2 heterocycles. The maximum Gasteiger partial charge on any atom is 0.141 e. The van der Waals surface area contributed by atoms with Gasteiger partial charge in [-0.25, -0.2) is 10.8 Å². The molecule has 1 fully saturated rings. The number of nitrogens with one attached hydrogen (secondary N) is 1. The lowest BCUT2D eigenvalue weighted by atomic mass is 10.2. The first kappa shape index (κ1) is 14.0. The molecule has 0 unspecified atom stereocenters. The van der Waals surface area contributed by atoms with Crippen LogP contribution in [0.4, 0.5) is 17.2 Å². The number of rotatable bonds is 3. The molecule has 0 aliphatic carbocycles. The predicted molar refractivity (Wildman–Crippen MR) is 87.9 cm³/mol. The molecule has 2 aromatic rings. The SMILES string of the molecule is NNc1cc(N2CCN(c3cccc(Cl)c3)CC2)ccn1. The topological polar surface area (TPSA) is 57.4 Å². The molecule has 0 saturated carbocycles. The molecule has 6 heteroatoms. The zero-order chi connectivity index (χ0) is 14.7. The van der Waals surface area contributed by atoms with Gasteiger partial charge in [0.25, 0.3) is 0 Å². The van der Waals surface area contributed by atoms with Crippen LogP contribution in [0.25, 0.3) is 0 Å². The minimum atomic E-state index is 0.685. The van der Waals surface area contributed by atoms with E-state index in [1.807, 2.05) is 30.3 Å². The van der Waals surface area contributed by atoms with Gasteiger partial charge >= 0.3 is 0 Å². The standard InChI is InChI=1S/C15H18ClN5/c16-12-2-1-3-13(10-12)20-6-8-21(9-7-20)14-4-5-18-15(11-14)19-17/h1-5,10-11H,6-9,17H2,(H,18,19). The van der Waals surface area contributed by atoms with Gasteiger partial charge in [-0.05, 0) is 24.3 Å². The Labute approximate surface area is 129 Å². The number of benzene rings is 1. The molecule has 3 N–H and O–H groups in total. The number of aromatic nitrogens is 1. The van der Waals surface area contributed by atoms with Gasteiger partial charge in [-0.1, -0.05) is 17.7 Å². The van der Waals surface area contributed by atoms with Gasteiger partial charge in [0.05, 0.1) is 0 Å². The van der Waals surface area contributed by atoms with Crippen molar-refractivity contribution in [1.29, 1.82) is 0 Å². The number of hydrogen-bond acceptors (Lipinski definition) is 5. The molecule has 1 aliphatic heterocycles. The number of piperazine rings is 1. The van der Waals surface area contributed by atoms with E-state index in [0.717, 1.165) is 36.9 Å². The number of nitrogens with zero attached hydrogens (tertiary/aromatic N) is 3. The van der Waals surface area contributed by atoms with Crippen LogP contribution >= 0.6 is 11.6 Å². The van der Waals surface area contributed by atoms with Crippen molar-refractivity contribution in [3.63, 3.8) is 0 Å². The maximum absolute atomic E-state index is 6.06. The average Bonchev–Trinajstić information content (AvgIpc) is 2.55. The fourth-order valence-electron chi connectivity index (χ4n) is 2.59. The highest BCUT2D eigenvalue weighted by atomic mass is 35.5. The van der Waals surface area contributed by atoms with Gasteiger partial charge in [-0.15, -0.1) is 0 Å². The van der Waals surface area contributed by atoms with E-state index in [9.17, 15) is 0 Å². The van der Waals surface area contributed by atoms with Gasteiger partial charge in [0, 0.05) is 54.8 Å². The van der Waals surface area contributed by atoms with E-state index < -0.39 is 0 Å². The Balaban J connectivity index is 1.67. The zero-order valence-corrected chi connectivity index (χ0v) is 12.4. The average molecular weight is 304 g/mol. The zero-order valence-electron chi connectivity index (χ0n) is 11.7. The molecule has 1 saturated heterocycles. The molecule has 5 nitrogen and oxygen atoms in total. The molecular formula is C15H18ClN5. The van der Waals surface area contributed by atoms with E-state index in [4.69, 9.17) is 17.4 Å². The first-order valence-corrected chi connectivity index (χ1v) is 7.32. The van der Waals surface area contributed by atoms with Gasteiger partial charge < -0.3 is 15.2 Å². The lowest BCUT2D eigenvalue weighted by molar-refractivity contribution is 0.653. The largest absolute Gasteiger partial charge is 0.368 e. The van der Waals surface area contributed by atoms with Gasteiger partial charge in [0.2, 0.25) is 0 Å². The third-order valence-electron chi connectivity index (χ3n) is 3.71. The normalized spacial score (nSPS) is 15.1. The Morgan fingerprint density at radius 2 is 1.67 bits per heavy atom. The van der Waals surface area contributed by atoms with Gasteiger partial charge in [0.15, 0.2) is 0 Å². The van der Waals surface area contributed by atoms with Crippen molar-refractivity contribution in [2.45, 2.75) is 0 Å². The number of nitrogens with two attached hydrogens (primary N) is 1. The molecule has 110 valence electrons. The molecular weight excluding hydrogens is 286 g/mol. The van der Waals surface area contributed by atoms with Gasteiger partial charge in [0.1, 0.15) is 5.82 Å². The highest BCUT2D eigenvalue weighted by molar-refractivity contribution is 6.30. The number of pyridine rings is 1. The van der Waals surface area contributed by atoms with Crippen molar-refractivity contribution in [2.75, 3.05) is 41.4 Å². The summed E-state index contributed by atoms with van der Waals surface area (Å²) in [7, 11) is 0. The maximum atomic E-state index is 6.06. The van der Waals surface area contributed by atoms with Crippen LogP contribution in [-0.2, 0) is 0 Å². The van der Waals surface area contributed by atoms with Crippen molar-refractivity contribution >= 4 is 28.8 Å². The number of anilines is 3. The van der Waals surface area contributed by atoms with Crippen molar-refractivity contribution < 1.29 is 0 Å². The molecule has 0 amide bonds. The summed E-state index contributed by atoms with van der Waals surface area (Å²) < 4.78 is 0. The summed E-state index contributed by atoms with van der Waals surface area (Å²) in [6.07, 6.45) is 1.77. The van der Waals surface area contributed by atoms with Crippen LogP contribution in [-0.4, -0.2) is 31.2 Å². The Morgan fingerprint density at radius 1 is 1.00 bits per heavy atom. The van der Waals surface area contributed by atoms with Crippen molar-refractivity contribution in [3.05, 3.63) is 47.6 Å². The summed E-state index contributed by atoms with van der Waals surface area (Å²) in [5.41, 5.74) is 4.91. The third kappa shape index (κ3) is 3.20. The van der Waals surface area contributed by atoms with E-state index in [1.165, 1.54) is 5.69 Å². The Hall–Kier alpha value is -1.98. The van der Waals surface area contributed by atoms with E-state index in [1.54, 1.807) is 6.20 Å². The molecule has 0 spiro atoms. The molecule has 1 aromatic carbocycles. The summed E-state index contributed by atoms with van der Waals surface area (Å²) >= 11 is 6.06. The first-order chi connectivity index (χ1) is 10.3. The number of halogens is 1. The van der Waals surface area contributed by atoms with Gasteiger partial charge in [-0.3, -0.25) is 0 Å². The lowest BCUT2D eigenvalue weighted by Crippen LogP contribution is -2.46. The van der Waals surface area contributed by atoms with Crippen LogP contribution in [0.5, 0.6) is 0 Å². The molecule has 0 atom stereocenters. The van der Waals surface area contributed by atoms with Crippen LogP contribution in [0.3, 0.4) is 0 Å². The van der Waals surface area contributed by atoms with E-state index in [-0.39, 0.29) is 0 Å². The Kier molecular flexibility index (Phi) is 4.13. The minimum absolute atomic E-state index is 0.685. The fraction of sp³-hybridized carbons (Fsp3) is 0.267. The summed E-state index contributed by atoms with van der Waals surface area (Å²) in [4.78, 5) is 8.83. The lowest BCUT2D eigenvalue weighted by Gasteiger charge is -2.37. The second-order valence-electron chi connectivity index (χ2n) is 5.00. The second kappa shape index (κ2) is 6.20. The van der Waals surface area contributed by atoms with Crippen LogP contribution in [0, 0.1) is 0 Å². The predicted octanol–water partition coefficient (Wildman–Crippen LogP) is 2.35. The number of hydrazine groups is 1. The second-order valence-corrected chi connectivity index (χ2v) is 5.43. The number of nitrogen functional groups attached to an aromatic ring is 1. The molecule has 3 rings (SSSR count). The highest BCUT2D eigenvalue weighted by Crippen LogP contribution is 2.23. The van der Waals surface area contributed by atoms with Crippen LogP contribution < -0.4 is 21.1 Å². The van der Waals surface area contributed by atoms with Crippen LogP contribution in [0.1, 0.15) is 0 Å². The molecule has 1 aromatic heterocycles. The smallest absolute Gasteiger partial charge is 0.141 e. The minimum Gasteiger partial charge on any atom is -0.368 e. The molecule has 1 aliphatic rings. The summed E-state index contributed by atoms with van der Waals surface area (Å²) in [5.74, 6) is 6.09. The Morgan fingerprint density at radius 3 is 2.29 bits per heavy atom. The van der Waals surface area contributed by atoms with Gasteiger partial charge in [-0.2, -0.15) is 0 Å². The third-order valence-corrected chi connectivity index (χ3v) is 3.94. The molecule has 0 radical (unpaired) electrons. The van der Waals surface area contributed by atoms with E-state index >= 15 is 0 Å². The highest BCUT2D eigenvalue weighted by Gasteiger charge is 2.18. The van der Waals surface area contributed by atoms with Crippen LogP contribution in [0.15, 0.2) is 42.6 Å². The fourth-order valence-corrected chi connectivity index (χ4v) is 2.78. The van der Waals surface area contributed by atoms with Crippen molar-refractivity contribution in [1.82, 2.24) is 4.98 Å². The van der Waals surface area contributed by atoms with Crippen LogP contribution in [0.2, 0.25) is 5.02 Å². The molecule has 21 heavy (non-hydrogen) atoms. The first-order valence-electron chi connectivity index (χ1n) is 6.94. The monoisotopic (exact) mass is 303 g/mol. The Bertz CT molecular complexity index is 611. The summed E-state index contributed by atoms with van der Waals surface area (Å²) in [6.45, 7) is 3.85.